The lowest BCUT2D eigenvalue weighted by Crippen LogP contribution is -2.29. The zero-order chi connectivity index (χ0) is 11.1. The minimum Gasteiger partial charge on any atom is -0.342 e. The lowest BCUT2D eigenvalue weighted by molar-refractivity contribution is 0.0793. The van der Waals surface area contributed by atoms with Gasteiger partial charge >= 0.3 is 0 Å². The maximum Gasteiger partial charge on any atom is 0.255 e. The summed E-state index contributed by atoms with van der Waals surface area (Å²) in [5.41, 5.74) is 0.643. The Hall–Kier alpha value is -1.42. The number of aromatic nitrogens is 1. The summed E-state index contributed by atoms with van der Waals surface area (Å²) in [7, 11) is 3.72. The van der Waals surface area contributed by atoms with E-state index in [2.05, 4.69) is 10.3 Å². The van der Waals surface area contributed by atoms with Crippen molar-refractivity contribution >= 4 is 5.91 Å². The normalized spacial score (nSPS) is 10.0. The predicted molar refractivity (Wildman–Crippen MR) is 59.7 cm³/mol. The molecule has 0 aliphatic rings. The molecule has 1 heterocycles. The second-order valence-electron chi connectivity index (χ2n) is 3.43. The van der Waals surface area contributed by atoms with Gasteiger partial charge in [0.15, 0.2) is 0 Å². The van der Waals surface area contributed by atoms with Gasteiger partial charge in [-0.05, 0) is 32.1 Å². The summed E-state index contributed by atoms with van der Waals surface area (Å²) < 4.78 is 0. The van der Waals surface area contributed by atoms with Crippen molar-refractivity contribution in [1.82, 2.24) is 15.2 Å². The van der Waals surface area contributed by atoms with Crippen LogP contribution >= 0.6 is 0 Å². The van der Waals surface area contributed by atoms with E-state index in [9.17, 15) is 4.79 Å². The molecule has 4 nitrogen and oxygen atoms in total. The van der Waals surface area contributed by atoms with Gasteiger partial charge in [0.25, 0.3) is 5.91 Å². The van der Waals surface area contributed by atoms with Crippen LogP contribution in [0, 0.1) is 0 Å². The zero-order valence-corrected chi connectivity index (χ0v) is 9.23. The molecule has 0 fully saturated rings. The average molecular weight is 207 g/mol. The molecule has 0 atom stereocenters. The largest absolute Gasteiger partial charge is 0.342 e. The van der Waals surface area contributed by atoms with Crippen LogP contribution < -0.4 is 5.32 Å². The van der Waals surface area contributed by atoms with Gasteiger partial charge in [0.1, 0.15) is 0 Å². The zero-order valence-electron chi connectivity index (χ0n) is 9.23. The average Bonchev–Trinajstić information content (AvgIpc) is 2.29. The van der Waals surface area contributed by atoms with Crippen LogP contribution in [-0.2, 0) is 0 Å². The van der Waals surface area contributed by atoms with E-state index in [0.717, 1.165) is 19.5 Å². The van der Waals surface area contributed by atoms with Gasteiger partial charge in [-0.3, -0.25) is 9.78 Å². The fourth-order valence-corrected chi connectivity index (χ4v) is 1.30. The van der Waals surface area contributed by atoms with Crippen LogP contribution in [0.5, 0.6) is 0 Å². The van der Waals surface area contributed by atoms with Crippen molar-refractivity contribution in [3.63, 3.8) is 0 Å². The first-order chi connectivity index (χ1) is 7.25. The molecule has 1 N–H and O–H groups in total. The molecule has 0 radical (unpaired) electrons. The highest BCUT2D eigenvalue weighted by Crippen LogP contribution is 2.01. The van der Waals surface area contributed by atoms with Crippen molar-refractivity contribution in [2.75, 3.05) is 27.2 Å². The molecular formula is C11H17N3O. The third kappa shape index (κ3) is 3.67. The molecule has 82 valence electrons. The van der Waals surface area contributed by atoms with E-state index in [-0.39, 0.29) is 5.91 Å². The minimum absolute atomic E-state index is 0.0270. The highest BCUT2D eigenvalue weighted by atomic mass is 16.2. The van der Waals surface area contributed by atoms with Crippen LogP contribution in [0.25, 0.3) is 0 Å². The summed E-state index contributed by atoms with van der Waals surface area (Å²) in [6.45, 7) is 1.68. The smallest absolute Gasteiger partial charge is 0.255 e. The maximum atomic E-state index is 11.8. The standard InChI is InChI=1S/C11H17N3O/c1-12-6-4-8-14(2)11(15)10-5-3-7-13-9-10/h3,5,7,9,12H,4,6,8H2,1-2H3. The molecule has 0 aromatic carbocycles. The molecule has 4 heteroatoms. The number of carbonyl (C=O) groups is 1. The lowest BCUT2D eigenvalue weighted by atomic mass is 10.2. The summed E-state index contributed by atoms with van der Waals surface area (Å²) in [6, 6.07) is 3.55. The monoisotopic (exact) mass is 207 g/mol. The van der Waals surface area contributed by atoms with Crippen LogP contribution in [-0.4, -0.2) is 43.0 Å². The lowest BCUT2D eigenvalue weighted by Gasteiger charge is -2.16. The molecule has 0 aliphatic heterocycles. The van der Waals surface area contributed by atoms with Crippen molar-refractivity contribution in [2.45, 2.75) is 6.42 Å². The fourth-order valence-electron chi connectivity index (χ4n) is 1.30. The van der Waals surface area contributed by atoms with Crippen LogP contribution in [0.3, 0.4) is 0 Å². The number of amides is 1. The van der Waals surface area contributed by atoms with E-state index >= 15 is 0 Å². The molecular weight excluding hydrogens is 190 g/mol. The van der Waals surface area contributed by atoms with Gasteiger partial charge < -0.3 is 10.2 Å². The molecule has 0 saturated heterocycles. The van der Waals surface area contributed by atoms with Gasteiger partial charge in [0, 0.05) is 26.0 Å². The molecule has 1 aromatic heterocycles. The van der Waals surface area contributed by atoms with E-state index in [4.69, 9.17) is 0 Å². The van der Waals surface area contributed by atoms with Crippen molar-refractivity contribution in [3.8, 4) is 0 Å². The minimum atomic E-state index is 0.0270. The number of hydrogen-bond donors (Lipinski definition) is 1. The molecule has 15 heavy (non-hydrogen) atoms. The molecule has 0 bridgehead atoms. The summed E-state index contributed by atoms with van der Waals surface area (Å²) in [5.74, 6) is 0.0270. The van der Waals surface area contributed by atoms with Gasteiger partial charge in [-0.2, -0.15) is 0 Å². The van der Waals surface area contributed by atoms with Crippen LogP contribution in [0.15, 0.2) is 24.5 Å². The van der Waals surface area contributed by atoms with Crippen LogP contribution in [0.2, 0.25) is 0 Å². The van der Waals surface area contributed by atoms with Gasteiger partial charge in [0.2, 0.25) is 0 Å². The number of nitrogens with one attached hydrogen (secondary N) is 1. The van der Waals surface area contributed by atoms with Gasteiger partial charge in [0.05, 0.1) is 5.56 Å². The van der Waals surface area contributed by atoms with Gasteiger partial charge in [-0.25, -0.2) is 0 Å². The first kappa shape index (κ1) is 11.7. The molecule has 0 unspecified atom stereocenters. The topological polar surface area (TPSA) is 45.2 Å². The number of rotatable bonds is 5. The summed E-state index contributed by atoms with van der Waals surface area (Å²) in [4.78, 5) is 17.4. The molecule has 0 saturated carbocycles. The Morgan fingerprint density at radius 1 is 1.60 bits per heavy atom. The summed E-state index contributed by atoms with van der Waals surface area (Å²) >= 11 is 0. The van der Waals surface area contributed by atoms with Gasteiger partial charge in [-0.15, -0.1) is 0 Å². The number of hydrogen-bond acceptors (Lipinski definition) is 3. The first-order valence-electron chi connectivity index (χ1n) is 5.06. The Bertz CT molecular complexity index is 300. The second-order valence-corrected chi connectivity index (χ2v) is 3.43. The third-order valence-corrected chi connectivity index (χ3v) is 2.18. The Balaban J connectivity index is 2.46. The second kappa shape index (κ2) is 6.14. The molecule has 1 aromatic rings. The number of pyridine rings is 1. The number of carbonyl (C=O) groups excluding carboxylic acids is 1. The van der Waals surface area contributed by atoms with Crippen molar-refractivity contribution in [2.24, 2.45) is 0 Å². The highest BCUT2D eigenvalue weighted by Gasteiger charge is 2.10. The Morgan fingerprint density at radius 3 is 3.00 bits per heavy atom. The van der Waals surface area contributed by atoms with Crippen molar-refractivity contribution < 1.29 is 4.79 Å². The Morgan fingerprint density at radius 2 is 2.40 bits per heavy atom. The van der Waals surface area contributed by atoms with E-state index in [1.807, 2.05) is 14.1 Å². The van der Waals surface area contributed by atoms with Gasteiger partial charge in [-0.1, -0.05) is 0 Å². The van der Waals surface area contributed by atoms with Crippen LogP contribution in [0.1, 0.15) is 16.8 Å². The van der Waals surface area contributed by atoms with E-state index < -0.39 is 0 Å². The highest BCUT2D eigenvalue weighted by molar-refractivity contribution is 5.93. The molecule has 0 aliphatic carbocycles. The third-order valence-electron chi connectivity index (χ3n) is 2.18. The van der Waals surface area contributed by atoms with Crippen molar-refractivity contribution in [3.05, 3.63) is 30.1 Å². The quantitative estimate of drug-likeness (QED) is 0.725. The summed E-state index contributed by atoms with van der Waals surface area (Å²) in [5, 5.41) is 3.05. The van der Waals surface area contributed by atoms with E-state index in [0.29, 0.717) is 5.56 Å². The van der Waals surface area contributed by atoms with Crippen LogP contribution in [0.4, 0.5) is 0 Å². The summed E-state index contributed by atoms with van der Waals surface area (Å²) in [6.07, 6.45) is 4.22. The predicted octanol–water partition coefficient (Wildman–Crippen LogP) is 0.763. The first-order valence-corrected chi connectivity index (χ1v) is 5.06. The molecule has 1 amide bonds. The maximum absolute atomic E-state index is 11.8. The fraction of sp³-hybridized carbons (Fsp3) is 0.455. The molecule has 1 rings (SSSR count). The van der Waals surface area contributed by atoms with E-state index in [1.54, 1.807) is 29.4 Å². The SMILES string of the molecule is CNCCCN(C)C(=O)c1cccnc1. The Kier molecular flexibility index (Phi) is 4.77. The van der Waals surface area contributed by atoms with Crippen molar-refractivity contribution in [1.29, 1.82) is 0 Å². The number of nitrogens with zero attached hydrogens (tertiary/aromatic N) is 2. The Labute approximate surface area is 90.3 Å². The van der Waals surface area contributed by atoms with E-state index in [1.165, 1.54) is 0 Å². The molecule has 0 spiro atoms.